The number of hydrogen-bond acceptors (Lipinski definition) is 4. The van der Waals surface area contributed by atoms with Gasteiger partial charge in [0.05, 0.1) is 0 Å². The maximum absolute atomic E-state index is 5.95. The molecule has 1 aliphatic heterocycles. The summed E-state index contributed by atoms with van der Waals surface area (Å²) in [5.74, 6) is 2.58. The van der Waals surface area contributed by atoms with Crippen molar-refractivity contribution in [1.29, 1.82) is 0 Å². The molecule has 1 saturated heterocycles. The molecule has 1 aromatic heterocycles. The summed E-state index contributed by atoms with van der Waals surface area (Å²) in [6.07, 6.45) is 5.50. The third-order valence-corrected chi connectivity index (χ3v) is 4.81. The van der Waals surface area contributed by atoms with Gasteiger partial charge in [-0.25, -0.2) is 9.97 Å². The lowest BCUT2D eigenvalue weighted by atomic mass is 10.2. The zero-order valence-electron chi connectivity index (χ0n) is 13.1. The minimum Gasteiger partial charge on any atom is -0.366 e. The van der Waals surface area contributed by atoms with Crippen molar-refractivity contribution in [3.05, 3.63) is 52.9 Å². The standard InChI is InChI=1S/C18H21ClN4/c19-15-5-1-13(2-6-15)11-23-10-8-16(12-23)21-17-7-9-20-18(22-17)14-3-4-14/h1-2,5-7,9,14,16H,3-4,8,10-12H2,(H,20,21,22). The van der Waals surface area contributed by atoms with Crippen LogP contribution < -0.4 is 5.32 Å². The summed E-state index contributed by atoms with van der Waals surface area (Å²) in [6.45, 7) is 3.14. The van der Waals surface area contributed by atoms with Crippen molar-refractivity contribution in [2.75, 3.05) is 18.4 Å². The molecule has 0 amide bonds. The Morgan fingerprint density at radius 1 is 1.13 bits per heavy atom. The highest BCUT2D eigenvalue weighted by atomic mass is 35.5. The van der Waals surface area contributed by atoms with Crippen molar-refractivity contribution in [3.8, 4) is 0 Å². The third kappa shape index (κ3) is 3.82. The molecule has 4 rings (SSSR count). The van der Waals surface area contributed by atoms with Crippen LogP contribution in [0.15, 0.2) is 36.5 Å². The van der Waals surface area contributed by atoms with E-state index in [1.807, 2.05) is 24.4 Å². The summed E-state index contributed by atoms with van der Waals surface area (Å²) < 4.78 is 0. The molecule has 1 atom stereocenters. The van der Waals surface area contributed by atoms with Crippen LogP contribution in [0.1, 0.15) is 36.6 Å². The molecule has 0 spiro atoms. The summed E-state index contributed by atoms with van der Waals surface area (Å²) in [5, 5.41) is 4.37. The van der Waals surface area contributed by atoms with Crippen LogP contribution >= 0.6 is 11.6 Å². The van der Waals surface area contributed by atoms with Gasteiger partial charge in [-0.2, -0.15) is 0 Å². The van der Waals surface area contributed by atoms with Crippen LogP contribution in [0.4, 0.5) is 5.82 Å². The van der Waals surface area contributed by atoms with E-state index in [1.165, 1.54) is 18.4 Å². The Balaban J connectivity index is 1.33. The zero-order valence-corrected chi connectivity index (χ0v) is 13.8. The Labute approximate surface area is 141 Å². The molecule has 1 aromatic carbocycles. The molecule has 1 unspecified atom stereocenters. The lowest BCUT2D eigenvalue weighted by Gasteiger charge is -2.17. The molecule has 2 heterocycles. The van der Waals surface area contributed by atoms with Gasteiger partial charge in [0.25, 0.3) is 0 Å². The van der Waals surface area contributed by atoms with Gasteiger partial charge in [0, 0.05) is 42.8 Å². The van der Waals surface area contributed by atoms with Crippen LogP contribution in [0.2, 0.25) is 5.02 Å². The number of nitrogens with one attached hydrogen (secondary N) is 1. The lowest BCUT2D eigenvalue weighted by molar-refractivity contribution is 0.328. The van der Waals surface area contributed by atoms with Crippen molar-refractivity contribution in [3.63, 3.8) is 0 Å². The fourth-order valence-electron chi connectivity index (χ4n) is 3.14. The number of likely N-dealkylation sites (tertiary alicyclic amines) is 1. The van der Waals surface area contributed by atoms with Crippen LogP contribution in [0.3, 0.4) is 0 Å². The number of aromatic nitrogens is 2. The number of halogens is 1. The van der Waals surface area contributed by atoms with Crippen molar-refractivity contribution < 1.29 is 0 Å². The van der Waals surface area contributed by atoms with E-state index in [0.717, 1.165) is 42.7 Å². The molecule has 4 nitrogen and oxygen atoms in total. The van der Waals surface area contributed by atoms with E-state index in [0.29, 0.717) is 12.0 Å². The highest BCUT2D eigenvalue weighted by molar-refractivity contribution is 6.30. The molecular formula is C18H21ClN4. The Morgan fingerprint density at radius 2 is 1.96 bits per heavy atom. The number of nitrogens with zero attached hydrogens (tertiary/aromatic N) is 3. The van der Waals surface area contributed by atoms with Gasteiger partial charge in [0.15, 0.2) is 0 Å². The number of hydrogen-bond donors (Lipinski definition) is 1. The Morgan fingerprint density at radius 3 is 2.74 bits per heavy atom. The maximum atomic E-state index is 5.95. The van der Waals surface area contributed by atoms with Crippen LogP contribution in [0.5, 0.6) is 0 Å². The van der Waals surface area contributed by atoms with Gasteiger partial charge in [0.2, 0.25) is 0 Å². The molecule has 1 aliphatic carbocycles. The highest BCUT2D eigenvalue weighted by Crippen LogP contribution is 2.38. The van der Waals surface area contributed by atoms with Crippen LogP contribution in [-0.4, -0.2) is 34.0 Å². The molecule has 0 radical (unpaired) electrons. The lowest BCUT2D eigenvalue weighted by Crippen LogP contribution is -2.26. The second-order valence-corrected chi connectivity index (χ2v) is 7.00. The molecule has 0 bridgehead atoms. The van der Waals surface area contributed by atoms with Gasteiger partial charge in [-0.15, -0.1) is 0 Å². The summed E-state index contributed by atoms with van der Waals surface area (Å²) in [7, 11) is 0. The molecule has 1 saturated carbocycles. The quantitative estimate of drug-likeness (QED) is 0.908. The molecular weight excluding hydrogens is 308 g/mol. The summed E-state index contributed by atoms with van der Waals surface area (Å²) in [5.41, 5.74) is 1.31. The Hall–Kier alpha value is -1.65. The van der Waals surface area contributed by atoms with Gasteiger partial charge in [0.1, 0.15) is 11.6 Å². The first-order valence-corrected chi connectivity index (χ1v) is 8.70. The van der Waals surface area contributed by atoms with Crippen molar-refractivity contribution >= 4 is 17.4 Å². The minimum atomic E-state index is 0.462. The van der Waals surface area contributed by atoms with E-state index in [9.17, 15) is 0 Å². The van der Waals surface area contributed by atoms with E-state index >= 15 is 0 Å². The SMILES string of the molecule is Clc1ccc(CN2CCC(Nc3ccnc(C4CC4)n3)C2)cc1. The largest absolute Gasteiger partial charge is 0.366 e. The van der Waals surface area contributed by atoms with Gasteiger partial charge in [-0.3, -0.25) is 4.90 Å². The van der Waals surface area contributed by atoms with E-state index in [1.54, 1.807) is 0 Å². The molecule has 5 heteroatoms. The average Bonchev–Trinajstić information content (AvgIpc) is 3.32. The van der Waals surface area contributed by atoms with Crippen molar-refractivity contribution in [2.24, 2.45) is 0 Å². The summed E-state index contributed by atoms with van der Waals surface area (Å²) in [4.78, 5) is 11.5. The maximum Gasteiger partial charge on any atom is 0.133 e. The molecule has 2 aliphatic rings. The monoisotopic (exact) mass is 328 g/mol. The zero-order chi connectivity index (χ0) is 15.6. The van der Waals surface area contributed by atoms with Crippen LogP contribution in [0, 0.1) is 0 Å². The van der Waals surface area contributed by atoms with Gasteiger partial charge >= 0.3 is 0 Å². The van der Waals surface area contributed by atoms with Crippen molar-refractivity contribution in [2.45, 2.75) is 37.8 Å². The van der Waals surface area contributed by atoms with E-state index < -0.39 is 0 Å². The molecule has 23 heavy (non-hydrogen) atoms. The molecule has 2 aromatic rings. The van der Waals surface area contributed by atoms with Gasteiger partial charge in [-0.05, 0) is 43.0 Å². The average molecular weight is 329 g/mol. The van der Waals surface area contributed by atoms with Gasteiger partial charge in [-0.1, -0.05) is 23.7 Å². The second kappa shape index (κ2) is 6.46. The molecule has 2 fully saturated rings. The van der Waals surface area contributed by atoms with Gasteiger partial charge < -0.3 is 5.32 Å². The second-order valence-electron chi connectivity index (χ2n) is 6.57. The fourth-order valence-corrected chi connectivity index (χ4v) is 3.27. The highest BCUT2D eigenvalue weighted by Gasteiger charge is 2.27. The van der Waals surface area contributed by atoms with E-state index in [4.69, 9.17) is 11.6 Å². The third-order valence-electron chi connectivity index (χ3n) is 4.56. The first-order chi connectivity index (χ1) is 11.3. The minimum absolute atomic E-state index is 0.462. The smallest absolute Gasteiger partial charge is 0.133 e. The number of anilines is 1. The number of rotatable bonds is 5. The Bertz CT molecular complexity index is 669. The van der Waals surface area contributed by atoms with Crippen LogP contribution in [-0.2, 0) is 6.54 Å². The summed E-state index contributed by atoms with van der Waals surface area (Å²) in [6, 6.07) is 10.6. The fraction of sp³-hybridized carbons (Fsp3) is 0.444. The van der Waals surface area contributed by atoms with E-state index in [-0.39, 0.29) is 0 Å². The van der Waals surface area contributed by atoms with Crippen molar-refractivity contribution in [1.82, 2.24) is 14.9 Å². The summed E-state index contributed by atoms with van der Waals surface area (Å²) >= 11 is 5.95. The topological polar surface area (TPSA) is 41.0 Å². The number of benzene rings is 1. The Kier molecular flexibility index (Phi) is 4.19. The predicted octanol–water partition coefficient (Wildman–Crippen LogP) is 3.69. The molecule has 1 N–H and O–H groups in total. The van der Waals surface area contributed by atoms with E-state index in [2.05, 4.69) is 32.3 Å². The first kappa shape index (κ1) is 14.9. The predicted molar refractivity (Wildman–Crippen MR) is 92.8 cm³/mol. The normalized spacial score (nSPS) is 21.5. The first-order valence-electron chi connectivity index (χ1n) is 8.32. The van der Waals surface area contributed by atoms with Crippen LogP contribution in [0.25, 0.3) is 0 Å². The molecule has 120 valence electrons.